The Morgan fingerprint density at radius 3 is 2.32 bits per heavy atom. The number of piperidine rings is 1. The first-order valence-corrected chi connectivity index (χ1v) is 13.1. The third-order valence-electron chi connectivity index (χ3n) is 6.16. The summed E-state index contributed by atoms with van der Waals surface area (Å²) >= 11 is 0. The summed E-state index contributed by atoms with van der Waals surface area (Å²) in [5.41, 5.74) is 0.658. The Morgan fingerprint density at radius 1 is 1.08 bits per heavy atom. The van der Waals surface area contributed by atoms with Crippen molar-refractivity contribution in [2.45, 2.75) is 58.6 Å². The van der Waals surface area contributed by atoms with Gasteiger partial charge in [-0.05, 0) is 64.0 Å². The molecule has 2 rings (SSSR count). The molecule has 38 heavy (non-hydrogen) atoms. The van der Waals surface area contributed by atoms with Crippen LogP contribution in [0.2, 0.25) is 0 Å². The molecule has 3 amide bonds. The van der Waals surface area contributed by atoms with Gasteiger partial charge < -0.3 is 25.2 Å². The fourth-order valence-corrected chi connectivity index (χ4v) is 4.21. The van der Waals surface area contributed by atoms with E-state index in [0.29, 0.717) is 38.4 Å². The second-order valence-electron chi connectivity index (χ2n) is 10.6. The van der Waals surface area contributed by atoms with Gasteiger partial charge in [-0.1, -0.05) is 30.3 Å². The minimum absolute atomic E-state index is 0.126. The highest BCUT2D eigenvalue weighted by Crippen LogP contribution is 2.23. The van der Waals surface area contributed by atoms with Gasteiger partial charge in [-0.3, -0.25) is 14.4 Å². The van der Waals surface area contributed by atoms with Crippen molar-refractivity contribution < 1.29 is 23.9 Å². The van der Waals surface area contributed by atoms with Crippen LogP contribution in [0.3, 0.4) is 0 Å². The highest BCUT2D eigenvalue weighted by molar-refractivity contribution is 6.12. The van der Waals surface area contributed by atoms with E-state index in [1.807, 2.05) is 63.1 Å². The SMILES string of the molecule is CNC(=O)/C(C=O)=C/C(=C\N(C)Cc1ccccc1)C(=O)NCCCC1CCN(C(=O)OC(C)(C)C)CC1. The Morgan fingerprint density at radius 2 is 1.74 bits per heavy atom. The number of likely N-dealkylation sites (N-methyl/N-ethyl adjacent to an activating group) is 1. The highest BCUT2D eigenvalue weighted by Gasteiger charge is 2.26. The first kappa shape index (κ1) is 30.6. The molecule has 1 aliphatic heterocycles. The van der Waals surface area contributed by atoms with Gasteiger partial charge in [0.05, 0.1) is 11.1 Å². The molecule has 0 saturated carbocycles. The van der Waals surface area contributed by atoms with Crippen molar-refractivity contribution >= 4 is 24.2 Å². The lowest BCUT2D eigenvalue weighted by molar-refractivity contribution is -0.119. The van der Waals surface area contributed by atoms with Crippen molar-refractivity contribution in [1.29, 1.82) is 0 Å². The minimum Gasteiger partial charge on any atom is -0.444 e. The summed E-state index contributed by atoms with van der Waals surface area (Å²) in [6.45, 7) is 7.96. The summed E-state index contributed by atoms with van der Waals surface area (Å²) in [6, 6.07) is 9.79. The van der Waals surface area contributed by atoms with Crippen molar-refractivity contribution in [1.82, 2.24) is 20.4 Å². The maximum absolute atomic E-state index is 13.0. The summed E-state index contributed by atoms with van der Waals surface area (Å²) in [5.74, 6) is -0.428. The van der Waals surface area contributed by atoms with Crippen LogP contribution < -0.4 is 10.6 Å². The van der Waals surface area contributed by atoms with Crippen molar-refractivity contribution in [2.75, 3.05) is 33.7 Å². The van der Waals surface area contributed by atoms with Gasteiger partial charge in [0.1, 0.15) is 5.60 Å². The van der Waals surface area contributed by atoms with Crippen LogP contribution in [0.5, 0.6) is 0 Å². The van der Waals surface area contributed by atoms with E-state index < -0.39 is 11.5 Å². The Bertz CT molecular complexity index is 1010. The number of likely N-dealkylation sites (tertiary alicyclic amines) is 1. The number of amides is 3. The first-order chi connectivity index (χ1) is 18.0. The summed E-state index contributed by atoms with van der Waals surface area (Å²) in [6.07, 6.45) is 6.66. The fraction of sp³-hybridized carbons (Fsp3) is 0.517. The molecule has 208 valence electrons. The largest absolute Gasteiger partial charge is 0.444 e. The van der Waals surface area contributed by atoms with E-state index in [9.17, 15) is 19.2 Å². The van der Waals surface area contributed by atoms with Crippen molar-refractivity contribution in [2.24, 2.45) is 5.92 Å². The molecule has 1 aromatic rings. The molecule has 0 aliphatic carbocycles. The molecule has 9 nitrogen and oxygen atoms in total. The second-order valence-corrected chi connectivity index (χ2v) is 10.6. The van der Waals surface area contributed by atoms with Crippen LogP contribution in [-0.2, 0) is 25.7 Å². The molecule has 0 unspecified atom stereocenters. The summed E-state index contributed by atoms with van der Waals surface area (Å²) in [5, 5.41) is 5.34. The molecule has 0 bridgehead atoms. The van der Waals surface area contributed by atoms with E-state index in [0.717, 1.165) is 31.2 Å². The number of benzene rings is 1. The average molecular weight is 527 g/mol. The highest BCUT2D eigenvalue weighted by atomic mass is 16.6. The van der Waals surface area contributed by atoms with Gasteiger partial charge in [-0.15, -0.1) is 0 Å². The van der Waals surface area contributed by atoms with Crippen LogP contribution in [0.15, 0.2) is 53.8 Å². The molecule has 1 aromatic carbocycles. The number of ether oxygens (including phenoxy) is 1. The molecule has 0 radical (unpaired) electrons. The Balaban J connectivity index is 1.92. The zero-order chi connectivity index (χ0) is 28.1. The predicted molar refractivity (Wildman–Crippen MR) is 147 cm³/mol. The van der Waals surface area contributed by atoms with E-state index in [-0.39, 0.29) is 23.1 Å². The van der Waals surface area contributed by atoms with E-state index >= 15 is 0 Å². The van der Waals surface area contributed by atoms with Gasteiger partial charge in [0, 0.05) is 46.5 Å². The lowest BCUT2D eigenvalue weighted by atomic mass is 9.92. The van der Waals surface area contributed by atoms with Gasteiger partial charge in [0.25, 0.3) is 11.8 Å². The number of hydrogen-bond donors (Lipinski definition) is 2. The van der Waals surface area contributed by atoms with Crippen LogP contribution >= 0.6 is 0 Å². The molecule has 0 atom stereocenters. The number of aldehydes is 1. The van der Waals surface area contributed by atoms with Gasteiger partial charge in [-0.2, -0.15) is 0 Å². The topological polar surface area (TPSA) is 108 Å². The first-order valence-electron chi connectivity index (χ1n) is 13.1. The van der Waals surface area contributed by atoms with Crippen LogP contribution in [0.25, 0.3) is 0 Å². The molecule has 1 saturated heterocycles. The van der Waals surface area contributed by atoms with Gasteiger partial charge in [0.2, 0.25) is 0 Å². The Kier molecular flexibility index (Phi) is 12.0. The number of carbonyl (C=O) groups is 4. The van der Waals surface area contributed by atoms with Crippen molar-refractivity contribution in [3.8, 4) is 0 Å². The average Bonchev–Trinajstić information content (AvgIpc) is 2.88. The smallest absolute Gasteiger partial charge is 0.410 e. The number of nitrogens with zero attached hydrogens (tertiary/aromatic N) is 2. The fourth-order valence-electron chi connectivity index (χ4n) is 4.21. The molecule has 2 N–H and O–H groups in total. The molecule has 1 fully saturated rings. The molecule has 1 heterocycles. The summed E-state index contributed by atoms with van der Waals surface area (Å²) in [4.78, 5) is 52.4. The Hall–Kier alpha value is -3.62. The molecule has 1 aliphatic rings. The van der Waals surface area contributed by atoms with Crippen molar-refractivity contribution in [3.63, 3.8) is 0 Å². The third-order valence-corrected chi connectivity index (χ3v) is 6.16. The number of rotatable bonds is 11. The maximum Gasteiger partial charge on any atom is 0.410 e. The second kappa shape index (κ2) is 15.0. The standard InChI is InChI=1S/C29H42N4O5/c1-29(2,3)38-28(37)33-16-13-22(14-17-33)12-9-15-31-27(36)24(18-25(21-34)26(35)30-4)20-32(5)19-23-10-7-6-8-11-23/h6-8,10-11,18,20-22H,9,12-17,19H2,1-5H3,(H,30,35)(H,31,36)/b24-20+,25-18+. The van der Waals surface area contributed by atoms with Crippen LogP contribution in [0.1, 0.15) is 52.0 Å². The zero-order valence-corrected chi connectivity index (χ0v) is 23.3. The van der Waals surface area contributed by atoms with Crippen molar-refractivity contribution in [3.05, 3.63) is 59.3 Å². The molecular formula is C29H42N4O5. The monoisotopic (exact) mass is 526 g/mol. The molecule has 0 aromatic heterocycles. The van der Waals surface area contributed by atoms with Crippen LogP contribution in [0.4, 0.5) is 4.79 Å². The number of hydrogen-bond acceptors (Lipinski definition) is 6. The maximum atomic E-state index is 13.0. The molecule has 9 heteroatoms. The normalized spacial score (nSPS) is 15.0. The minimum atomic E-state index is -0.554. The van der Waals surface area contributed by atoms with E-state index in [1.165, 1.54) is 13.1 Å². The molecule has 0 spiro atoms. The van der Waals surface area contributed by atoms with Crippen LogP contribution in [0, 0.1) is 5.92 Å². The Labute approximate surface area is 226 Å². The summed E-state index contributed by atoms with van der Waals surface area (Å²) in [7, 11) is 3.26. The van der Waals surface area contributed by atoms with E-state index in [4.69, 9.17) is 4.74 Å². The molecular weight excluding hydrogens is 484 g/mol. The van der Waals surface area contributed by atoms with Gasteiger partial charge >= 0.3 is 6.09 Å². The third kappa shape index (κ3) is 10.8. The van der Waals surface area contributed by atoms with E-state index in [1.54, 1.807) is 11.1 Å². The van der Waals surface area contributed by atoms with Crippen LogP contribution in [-0.4, -0.2) is 73.3 Å². The van der Waals surface area contributed by atoms with E-state index in [2.05, 4.69) is 10.6 Å². The lowest BCUT2D eigenvalue weighted by Gasteiger charge is -2.33. The predicted octanol–water partition coefficient (Wildman–Crippen LogP) is 3.42. The lowest BCUT2D eigenvalue weighted by Crippen LogP contribution is -2.41. The zero-order valence-electron chi connectivity index (χ0n) is 23.3. The van der Waals surface area contributed by atoms with Gasteiger partial charge in [-0.25, -0.2) is 4.79 Å². The quantitative estimate of drug-likeness (QED) is 0.114. The van der Waals surface area contributed by atoms with Gasteiger partial charge in [0.15, 0.2) is 6.29 Å². The summed E-state index contributed by atoms with van der Waals surface area (Å²) < 4.78 is 5.46. The number of nitrogens with one attached hydrogen (secondary N) is 2. The number of carbonyl (C=O) groups excluding carboxylic acids is 4.